The van der Waals surface area contributed by atoms with Crippen molar-refractivity contribution in [2.24, 2.45) is 0 Å². The van der Waals surface area contributed by atoms with Gasteiger partial charge in [-0.3, -0.25) is 0 Å². The largest absolute Gasteiger partial charge is 0.377 e. The van der Waals surface area contributed by atoms with Crippen molar-refractivity contribution in [1.29, 1.82) is 0 Å². The molecular weight excluding hydrogens is 316 g/mol. The zero-order valence-corrected chi connectivity index (χ0v) is 14.4. The summed E-state index contributed by atoms with van der Waals surface area (Å²) in [5.41, 5.74) is 2.05. The Hall–Kier alpha value is -1.60. The van der Waals surface area contributed by atoms with Gasteiger partial charge in [-0.2, -0.15) is 0 Å². The lowest BCUT2D eigenvalue weighted by molar-refractivity contribution is 0.133. The fraction of sp³-hybridized carbons (Fsp3) is 0.562. The van der Waals surface area contributed by atoms with E-state index in [2.05, 4.69) is 5.32 Å². The van der Waals surface area contributed by atoms with Gasteiger partial charge in [0.2, 0.25) is 0 Å². The van der Waals surface area contributed by atoms with Crippen LogP contribution in [0.25, 0.3) is 0 Å². The molecule has 2 rings (SSSR count). The van der Waals surface area contributed by atoms with Crippen molar-refractivity contribution in [3.63, 3.8) is 0 Å². The molecule has 1 aliphatic rings. The highest BCUT2D eigenvalue weighted by Gasteiger charge is 2.31. The molecule has 1 aromatic carbocycles. The summed E-state index contributed by atoms with van der Waals surface area (Å²) in [6.45, 7) is 5.50. The monoisotopic (exact) mass is 340 g/mol. The van der Waals surface area contributed by atoms with Crippen molar-refractivity contribution < 1.29 is 17.9 Å². The van der Waals surface area contributed by atoms with Gasteiger partial charge < -0.3 is 15.0 Å². The number of benzene rings is 1. The third-order valence-corrected chi connectivity index (χ3v) is 5.74. The highest BCUT2D eigenvalue weighted by Crippen LogP contribution is 2.13. The molecule has 1 aliphatic heterocycles. The summed E-state index contributed by atoms with van der Waals surface area (Å²) < 4.78 is 28.6. The second kappa shape index (κ2) is 7.79. The molecule has 0 aromatic heterocycles. The average Bonchev–Trinajstić information content (AvgIpc) is 2.50. The van der Waals surface area contributed by atoms with Crippen molar-refractivity contribution in [1.82, 2.24) is 10.2 Å². The highest BCUT2D eigenvalue weighted by molar-refractivity contribution is 7.91. The quantitative estimate of drug-likeness (QED) is 0.882. The number of urea groups is 1. The van der Waals surface area contributed by atoms with E-state index >= 15 is 0 Å². The lowest BCUT2D eigenvalue weighted by Gasteiger charge is -2.33. The van der Waals surface area contributed by atoms with Gasteiger partial charge in [-0.15, -0.1) is 0 Å². The van der Waals surface area contributed by atoms with Crippen LogP contribution in [0.15, 0.2) is 24.3 Å². The number of hydrogen-bond donors (Lipinski definition) is 1. The molecule has 0 saturated carbocycles. The van der Waals surface area contributed by atoms with E-state index in [0.717, 1.165) is 11.1 Å². The van der Waals surface area contributed by atoms with Crippen molar-refractivity contribution in [2.45, 2.75) is 33.0 Å². The number of rotatable bonds is 5. The Labute approximate surface area is 137 Å². The first-order valence-corrected chi connectivity index (χ1v) is 9.64. The van der Waals surface area contributed by atoms with E-state index in [9.17, 15) is 13.2 Å². The number of ether oxygens (including phenoxy) is 1. The summed E-state index contributed by atoms with van der Waals surface area (Å²) in [5.74, 6) is 0.0625. The summed E-state index contributed by atoms with van der Waals surface area (Å²) in [6.07, 6.45) is 0. The maximum absolute atomic E-state index is 12.3. The van der Waals surface area contributed by atoms with E-state index in [-0.39, 0.29) is 30.1 Å². The van der Waals surface area contributed by atoms with Crippen molar-refractivity contribution >= 4 is 15.9 Å². The molecule has 1 saturated heterocycles. The van der Waals surface area contributed by atoms with E-state index in [0.29, 0.717) is 19.8 Å². The van der Waals surface area contributed by atoms with Crippen LogP contribution in [0, 0.1) is 0 Å². The molecule has 0 bridgehead atoms. The highest BCUT2D eigenvalue weighted by atomic mass is 32.2. The van der Waals surface area contributed by atoms with Gasteiger partial charge in [0, 0.05) is 25.7 Å². The van der Waals surface area contributed by atoms with E-state index in [1.54, 1.807) is 11.8 Å². The van der Waals surface area contributed by atoms with Gasteiger partial charge in [0.05, 0.1) is 18.1 Å². The minimum Gasteiger partial charge on any atom is -0.377 e. The van der Waals surface area contributed by atoms with Gasteiger partial charge in [0.15, 0.2) is 9.84 Å². The first-order valence-electron chi connectivity index (χ1n) is 7.82. The molecule has 0 aliphatic carbocycles. The van der Waals surface area contributed by atoms with Gasteiger partial charge in [-0.25, -0.2) is 13.2 Å². The Bertz CT molecular complexity index is 645. The summed E-state index contributed by atoms with van der Waals surface area (Å²) in [5, 5.41) is 2.88. The minimum atomic E-state index is -3.02. The predicted octanol–water partition coefficient (Wildman–Crippen LogP) is 1.55. The standard InChI is InChI=1S/C16H24N2O4S/c1-3-22-11-15-7-5-4-6-14(15)10-17-16(19)18-8-9-23(20,21)12-13(18)2/h4-7,13H,3,8-12H2,1-2H3,(H,17,19)/t13-/m0/s1. The third kappa shape index (κ3) is 4.94. The molecule has 1 N–H and O–H groups in total. The fourth-order valence-electron chi connectivity index (χ4n) is 2.66. The Morgan fingerprint density at radius 2 is 2.04 bits per heavy atom. The smallest absolute Gasteiger partial charge is 0.317 e. The SMILES string of the molecule is CCOCc1ccccc1CNC(=O)N1CCS(=O)(=O)C[C@@H]1C. The lowest BCUT2D eigenvalue weighted by atomic mass is 10.1. The predicted molar refractivity (Wildman–Crippen MR) is 88.8 cm³/mol. The Morgan fingerprint density at radius 1 is 1.35 bits per heavy atom. The van der Waals surface area contributed by atoms with Crippen LogP contribution >= 0.6 is 0 Å². The van der Waals surface area contributed by atoms with Crippen molar-refractivity contribution in [3.05, 3.63) is 35.4 Å². The van der Waals surface area contributed by atoms with Gasteiger partial charge >= 0.3 is 6.03 Å². The maximum atomic E-state index is 12.3. The number of nitrogens with zero attached hydrogens (tertiary/aromatic N) is 1. The van der Waals surface area contributed by atoms with Gasteiger partial charge in [-0.05, 0) is 25.0 Å². The average molecular weight is 340 g/mol. The molecule has 7 heteroatoms. The first-order chi connectivity index (χ1) is 10.9. The lowest BCUT2D eigenvalue weighted by Crippen LogP contribution is -2.53. The number of carbonyl (C=O) groups is 1. The molecule has 0 radical (unpaired) electrons. The number of carbonyl (C=O) groups excluding carboxylic acids is 1. The number of hydrogen-bond acceptors (Lipinski definition) is 4. The van der Waals surface area contributed by atoms with Gasteiger partial charge in [0.1, 0.15) is 0 Å². The zero-order chi connectivity index (χ0) is 16.9. The molecule has 6 nitrogen and oxygen atoms in total. The molecular formula is C16H24N2O4S. The number of sulfone groups is 1. The van der Waals surface area contributed by atoms with Crippen LogP contribution in [0.1, 0.15) is 25.0 Å². The molecule has 1 aromatic rings. The van der Waals surface area contributed by atoms with E-state index < -0.39 is 9.84 Å². The minimum absolute atomic E-state index is 0.0291. The second-order valence-corrected chi connectivity index (χ2v) is 7.95. The summed E-state index contributed by atoms with van der Waals surface area (Å²) in [4.78, 5) is 13.9. The zero-order valence-electron chi connectivity index (χ0n) is 13.6. The maximum Gasteiger partial charge on any atom is 0.317 e. The molecule has 2 amide bonds. The van der Waals surface area contributed by atoms with Crippen molar-refractivity contribution in [3.8, 4) is 0 Å². The first kappa shape index (κ1) is 17.7. The van der Waals surface area contributed by atoms with E-state index in [1.807, 2.05) is 31.2 Å². The third-order valence-electron chi connectivity index (χ3n) is 3.94. The molecule has 0 unspecified atom stereocenters. The van der Waals surface area contributed by atoms with Crippen molar-refractivity contribution in [2.75, 3.05) is 24.7 Å². The molecule has 0 spiro atoms. The van der Waals surface area contributed by atoms with Gasteiger partial charge in [0.25, 0.3) is 0 Å². The number of amides is 2. The molecule has 1 fully saturated rings. The van der Waals surface area contributed by atoms with Crippen LogP contribution in [0.2, 0.25) is 0 Å². The molecule has 23 heavy (non-hydrogen) atoms. The van der Waals surface area contributed by atoms with Crippen LogP contribution in [0.3, 0.4) is 0 Å². The molecule has 128 valence electrons. The van der Waals surface area contributed by atoms with Crippen LogP contribution in [-0.4, -0.2) is 50.0 Å². The number of nitrogens with one attached hydrogen (secondary N) is 1. The Morgan fingerprint density at radius 3 is 2.70 bits per heavy atom. The summed E-state index contributed by atoms with van der Waals surface area (Å²) >= 11 is 0. The van der Waals surface area contributed by atoms with Crippen LogP contribution in [0.5, 0.6) is 0 Å². The molecule has 1 heterocycles. The van der Waals surface area contributed by atoms with Crippen LogP contribution in [0.4, 0.5) is 4.79 Å². The fourth-order valence-corrected chi connectivity index (χ4v) is 4.21. The normalized spacial score (nSPS) is 20.3. The van der Waals surface area contributed by atoms with E-state index in [4.69, 9.17) is 4.74 Å². The van der Waals surface area contributed by atoms with Crippen LogP contribution in [-0.2, 0) is 27.7 Å². The summed E-state index contributed by atoms with van der Waals surface area (Å²) in [6, 6.07) is 7.28. The summed E-state index contributed by atoms with van der Waals surface area (Å²) in [7, 11) is -3.02. The Balaban J connectivity index is 1.94. The Kier molecular flexibility index (Phi) is 6.01. The van der Waals surface area contributed by atoms with Gasteiger partial charge in [-0.1, -0.05) is 24.3 Å². The van der Waals surface area contributed by atoms with E-state index in [1.165, 1.54) is 0 Å². The topological polar surface area (TPSA) is 75.7 Å². The van der Waals surface area contributed by atoms with Crippen LogP contribution < -0.4 is 5.32 Å². The molecule has 1 atom stereocenters. The second-order valence-electron chi connectivity index (χ2n) is 5.72.